The molecule has 0 aliphatic carbocycles. The van der Waals surface area contributed by atoms with E-state index in [1.807, 2.05) is 0 Å². The third kappa shape index (κ3) is 4.89. The molecular weight excluding hydrogens is 310 g/mol. The van der Waals surface area contributed by atoms with Crippen LogP contribution in [-0.4, -0.2) is 58.3 Å². The molecule has 5 nitrogen and oxygen atoms in total. The summed E-state index contributed by atoms with van der Waals surface area (Å²) in [6.07, 6.45) is 4.81. The molecule has 25 heavy (non-hydrogen) atoms. The predicted octanol–water partition coefficient (Wildman–Crippen LogP) is 2.69. The van der Waals surface area contributed by atoms with Crippen molar-refractivity contribution < 1.29 is 0 Å². The maximum atomic E-state index is 4.49. The highest BCUT2D eigenvalue weighted by molar-refractivity contribution is 5.14. The van der Waals surface area contributed by atoms with Crippen molar-refractivity contribution in [2.24, 2.45) is 7.05 Å². The van der Waals surface area contributed by atoms with Gasteiger partial charge in [-0.1, -0.05) is 30.3 Å². The van der Waals surface area contributed by atoms with Crippen LogP contribution in [0.3, 0.4) is 0 Å². The van der Waals surface area contributed by atoms with Gasteiger partial charge in [0.2, 0.25) is 0 Å². The van der Waals surface area contributed by atoms with E-state index < -0.39 is 0 Å². The number of rotatable bonds is 7. The van der Waals surface area contributed by atoms with Gasteiger partial charge in [0.15, 0.2) is 0 Å². The summed E-state index contributed by atoms with van der Waals surface area (Å²) in [6.45, 7) is 4.40. The van der Waals surface area contributed by atoms with E-state index in [-0.39, 0.29) is 0 Å². The molecule has 1 fully saturated rings. The average Bonchev–Trinajstić information content (AvgIpc) is 2.97. The smallest absolute Gasteiger partial charge is 0.146 e. The fraction of sp³-hybridized carbons (Fsp3) is 0.600. The van der Waals surface area contributed by atoms with Crippen molar-refractivity contribution in [3.05, 3.63) is 47.5 Å². The largest absolute Gasteiger partial charge is 0.317 e. The van der Waals surface area contributed by atoms with Crippen LogP contribution < -0.4 is 0 Å². The summed E-state index contributed by atoms with van der Waals surface area (Å²) in [7, 11) is 6.25. The molecule has 0 N–H and O–H groups in total. The molecule has 0 atom stereocenters. The molecule has 0 saturated carbocycles. The molecule has 1 saturated heterocycles. The Morgan fingerprint density at radius 3 is 2.48 bits per heavy atom. The first-order valence-corrected chi connectivity index (χ1v) is 9.42. The van der Waals surface area contributed by atoms with Crippen LogP contribution in [0.1, 0.15) is 42.4 Å². The Labute approximate surface area is 151 Å². The molecule has 2 aromatic rings. The number of aromatic nitrogens is 3. The summed E-state index contributed by atoms with van der Waals surface area (Å²) in [5.41, 5.74) is 1.45. The number of hydrogen-bond acceptors (Lipinski definition) is 4. The van der Waals surface area contributed by atoms with E-state index in [9.17, 15) is 0 Å². The van der Waals surface area contributed by atoms with Crippen LogP contribution >= 0.6 is 0 Å². The van der Waals surface area contributed by atoms with Crippen LogP contribution in [0.4, 0.5) is 0 Å². The molecule has 5 heteroatoms. The first-order valence-electron chi connectivity index (χ1n) is 9.42. The van der Waals surface area contributed by atoms with Crippen molar-refractivity contribution in [3.63, 3.8) is 0 Å². The second kappa shape index (κ2) is 8.59. The van der Waals surface area contributed by atoms with E-state index in [2.05, 4.69) is 76.0 Å². The Hall–Kier alpha value is -1.72. The maximum absolute atomic E-state index is 4.49. The van der Waals surface area contributed by atoms with Gasteiger partial charge in [0, 0.05) is 13.0 Å². The molecule has 0 radical (unpaired) electrons. The van der Waals surface area contributed by atoms with Crippen molar-refractivity contribution in [1.82, 2.24) is 24.6 Å². The van der Waals surface area contributed by atoms with Gasteiger partial charge in [0.05, 0.1) is 6.54 Å². The van der Waals surface area contributed by atoms with Crippen LogP contribution in [0, 0.1) is 0 Å². The zero-order chi connectivity index (χ0) is 17.6. The van der Waals surface area contributed by atoms with Crippen LogP contribution in [0.25, 0.3) is 0 Å². The molecule has 1 aromatic heterocycles. The highest BCUT2D eigenvalue weighted by atomic mass is 15.3. The highest BCUT2D eigenvalue weighted by Gasteiger charge is 2.24. The van der Waals surface area contributed by atoms with Gasteiger partial charge in [-0.2, -0.15) is 0 Å². The summed E-state index contributed by atoms with van der Waals surface area (Å²) in [6, 6.07) is 10.8. The Morgan fingerprint density at radius 2 is 1.80 bits per heavy atom. The Balaban J connectivity index is 1.45. The lowest BCUT2D eigenvalue weighted by Gasteiger charge is -2.31. The monoisotopic (exact) mass is 341 g/mol. The van der Waals surface area contributed by atoms with Gasteiger partial charge in [-0.15, -0.1) is 10.2 Å². The summed E-state index contributed by atoms with van der Waals surface area (Å²) in [4.78, 5) is 4.75. The second-order valence-electron chi connectivity index (χ2n) is 7.48. The van der Waals surface area contributed by atoms with Crippen molar-refractivity contribution in [2.45, 2.75) is 38.1 Å². The number of aryl methyl sites for hydroxylation is 1. The lowest BCUT2D eigenvalue weighted by Crippen LogP contribution is -2.34. The normalized spacial score (nSPS) is 16.6. The van der Waals surface area contributed by atoms with E-state index in [4.69, 9.17) is 0 Å². The first-order chi connectivity index (χ1) is 12.1. The van der Waals surface area contributed by atoms with Gasteiger partial charge in [-0.05, 0) is 65.0 Å². The first kappa shape index (κ1) is 18.1. The summed E-state index contributed by atoms with van der Waals surface area (Å²) in [5.74, 6) is 2.78. The third-order valence-electron chi connectivity index (χ3n) is 5.19. The zero-order valence-corrected chi connectivity index (χ0v) is 15.9. The minimum atomic E-state index is 0.554. The maximum Gasteiger partial charge on any atom is 0.146 e. The summed E-state index contributed by atoms with van der Waals surface area (Å²) in [5, 5.41) is 8.88. The Bertz CT molecular complexity index is 641. The molecule has 1 aliphatic heterocycles. The minimum absolute atomic E-state index is 0.554. The van der Waals surface area contributed by atoms with Gasteiger partial charge in [0.1, 0.15) is 11.6 Å². The fourth-order valence-corrected chi connectivity index (χ4v) is 3.72. The van der Waals surface area contributed by atoms with Gasteiger partial charge in [-0.25, -0.2) is 0 Å². The van der Waals surface area contributed by atoms with Gasteiger partial charge < -0.3 is 14.4 Å². The minimum Gasteiger partial charge on any atom is -0.317 e. The summed E-state index contributed by atoms with van der Waals surface area (Å²) < 4.78 is 2.20. The highest BCUT2D eigenvalue weighted by Crippen LogP contribution is 2.27. The summed E-state index contributed by atoms with van der Waals surface area (Å²) >= 11 is 0. The second-order valence-corrected chi connectivity index (χ2v) is 7.48. The van der Waals surface area contributed by atoms with E-state index in [1.165, 1.54) is 56.7 Å². The van der Waals surface area contributed by atoms with Gasteiger partial charge in [0.25, 0.3) is 0 Å². The molecule has 1 aromatic carbocycles. The van der Waals surface area contributed by atoms with Gasteiger partial charge >= 0.3 is 0 Å². The van der Waals surface area contributed by atoms with Crippen molar-refractivity contribution in [2.75, 3.05) is 33.7 Å². The molecule has 3 rings (SSSR count). The molecule has 136 valence electrons. The van der Waals surface area contributed by atoms with E-state index in [0.717, 1.165) is 12.4 Å². The van der Waals surface area contributed by atoms with Crippen LogP contribution in [0.5, 0.6) is 0 Å². The molecule has 0 amide bonds. The van der Waals surface area contributed by atoms with Crippen LogP contribution in [0.15, 0.2) is 30.3 Å². The Morgan fingerprint density at radius 1 is 1.08 bits per heavy atom. The molecule has 1 aliphatic rings. The lowest BCUT2D eigenvalue weighted by molar-refractivity contribution is 0.206. The topological polar surface area (TPSA) is 37.2 Å². The average molecular weight is 342 g/mol. The Kier molecular flexibility index (Phi) is 6.21. The quantitative estimate of drug-likeness (QED) is 0.776. The number of piperidine rings is 1. The SMILES string of the molecule is CN(C)Cc1nnc(C2CCN(CCCc3ccccc3)CC2)n1C. The standard InChI is InChI=1S/C20H31N5/c1-23(2)16-19-21-22-20(24(19)3)18-11-14-25(15-12-18)13-7-10-17-8-5-4-6-9-17/h4-6,8-9,18H,7,10-16H2,1-3H3. The predicted molar refractivity (Wildman–Crippen MR) is 102 cm³/mol. The fourth-order valence-electron chi connectivity index (χ4n) is 3.72. The van der Waals surface area contributed by atoms with Crippen molar-refractivity contribution >= 4 is 0 Å². The molecule has 0 unspecified atom stereocenters. The van der Waals surface area contributed by atoms with E-state index in [1.54, 1.807) is 0 Å². The van der Waals surface area contributed by atoms with Gasteiger partial charge in [-0.3, -0.25) is 0 Å². The van der Waals surface area contributed by atoms with E-state index in [0.29, 0.717) is 5.92 Å². The van der Waals surface area contributed by atoms with Crippen molar-refractivity contribution in [1.29, 1.82) is 0 Å². The van der Waals surface area contributed by atoms with Crippen LogP contribution in [0.2, 0.25) is 0 Å². The number of nitrogens with zero attached hydrogens (tertiary/aromatic N) is 5. The third-order valence-corrected chi connectivity index (χ3v) is 5.19. The molecule has 0 spiro atoms. The number of likely N-dealkylation sites (tertiary alicyclic amines) is 1. The molecule has 2 heterocycles. The number of hydrogen-bond donors (Lipinski definition) is 0. The lowest BCUT2D eigenvalue weighted by atomic mass is 9.95. The van der Waals surface area contributed by atoms with Crippen molar-refractivity contribution in [3.8, 4) is 0 Å². The molecule has 0 bridgehead atoms. The van der Waals surface area contributed by atoms with E-state index >= 15 is 0 Å². The van der Waals surface area contributed by atoms with Crippen LogP contribution in [-0.2, 0) is 20.0 Å². The number of benzene rings is 1. The molecular formula is C20H31N5. The zero-order valence-electron chi connectivity index (χ0n) is 15.9.